The topological polar surface area (TPSA) is 20.2 Å². The summed E-state index contributed by atoms with van der Waals surface area (Å²) < 4.78 is 12.1. The Morgan fingerprint density at radius 1 is 1.57 bits per heavy atom. The van der Waals surface area contributed by atoms with E-state index in [2.05, 4.69) is 0 Å². The van der Waals surface area contributed by atoms with Crippen LogP contribution >= 0.6 is 0 Å². The van der Waals surface area contributed by atoms with E-state index in [1.165, 1.54) is 0 Å². The van der Waals surface area contributed by atoms with Gasteiger partial charge in [-0.2, -0.15) is 0 Å². The molecular weight excluding hydrogens is 95.1 g/mol. The first-order valence-corrected chi connectivity index (χ1v) is 2.36. The fraction of sp³-hybridized carbons (Fsp3) is 1.00. The monoisotopic (exact) mass is 106 g/mol. The predicted molar refractivity (Wildman–Crippen MR) is 26.6 cm³/mol. The van der Waals surface area contributed by atoms with Crippen LogP contribution in [0.2, 0.25) is 0 Å². The van der Waals surface area contributed by atoms with E-state index < -0.39 is 5.85 Å². The van der Waals surface area contributed by atoms with E-state index in [1.807, 2.05) is 0 Å². The van der Waals surface area contributed by atoms with Crippen LogP contribution in [-0.4, -0.2) is 11.0 Å². The van der Waals surface area contributed by atoms with Gasteiger partial charge in [0.15, 0.2) is 0 Å². The van der Waals surface area contributed by atoms with Crippen LogP contribution in [-0.2, 0) is 0 Å². The maximum Gasteiger partial charge on any atom is 0.206 e. The molecule has 1 atom stereocenters. The Morgan fingerprint density at radius 3 is 1.71 bits per heavy atom. The molecule has 2 heteroatoms. The summed E-state index contributed by atoms with van der Waals surface area (Å²) in [6, 6.07) is 0. The zero-order valence-electron chi connectivity index (χ0n) is 4.90. The van der Waals surface area contributed by atoms with Gasteiger partial charge in [0, 0.05) is 5.92 Å². The van der Waals surface area contributed by atoms with Crippen LogP contribution in [0.15, 0.2) is 0 Å². The average Bonchev–Trinajstić information content (AvgIpc) is 1.31. The molecule has 0 rings (SSSR count). The molecule has 1 nitrogen and oxygen atoms in total. The van der Waals surface area contributed by atoms with Gasteiger partial charge in [0.05, 0.1) is 0 Å². The fourth-order valence-corrected chi connectivity index (χ4v) is 0. The highest BCUT2D eigenvalue weighted by Gasteiger charge is 2.22. The maximum atomic E-state index is 12.1. The lowest BCUT2D eigenvalue weighted by atomic mass is 10.1. The van der Waals surface area contributed by atoms with E-state index in [1.54, 1.807) is 13.8 Å². The van der Waals surface area contributed by atoms with Gasteiger partial charge in [0.1, 0.15) is 0 Å². The summed E-state index contributed by atoms with van der Waals surface area (Å²) in [7, 11) is 0. The normalized spacial score (nSPS) is 19.7. The fourth-order valence-electron chi connectivity index (χ4n) is 0. The molecule has 0 aromatic rings. The molecule has 0 aliphatic rings. The lowest BCUT2D eigenvalue weighted by Gasteiger charge is -2.15. The van der Waals surface area contributed by atoms with Crippen molar-refractivity contribution in [3.8, 4) is 0 Å². The smallest absolute Gasteiger partial charge is 0.206 e. The van der Waals surface area contributed by atoms with Crippen molar-refractivity contribution in [1.29, 1.82) is 0 Å². The molecule has 0 saturated carbocycles. The van der Waals surface area contributed by atoms with E-state index in [0.29, 0.717) is 0 Å². The number of hydrogen-bond donors (Lipinski definition) is 1. The number of hydrogen-bond acceptors (Lipinski definition) is 1. The molecule has 0 aliphatic carbocycles. The largest absolute Gasteiger partial charge is 0.362 e. The minimum atomic E-state index is -2.00. The second kappa shape index (κ2) is 1.78. The summed E-state index contributed by atoms with van der Waals surface area (Å²) >= 11 is 0. The minimum absolute atomic E-state index is 0.313. The predicted octanol–water partition coefficient (Wildman–Crippen LogP) is 1.32. The van der Waals surface area contributed by atoms with Gasteiger partial charge >= 0.3 is 0 Å². The Morgan fingerprint density at radius 2 is 1.71 bits per heavy atom. The number of alkyl halides is 1. The van der Waals surface area contributed by atoms with Gasteiger partial charge in [-0.1, -0.05) is 13.8 Å². The standard InChI is InChI=1S/C5H11FO/c1-4(2)5(3,6)7/h4,7H,1-3H3. The first-order chi connectivity index (χ1) is 2.94. The molecular formula is C5H11FO. The summed E-state index contributed by atoms with van der Waals surface area (Å²) in [5.74, 6) is -2.31. The Hall–Kier alpha value is -0.110. The van der Waals surface area contributed by atoms with Crippen LogP contribution in [0.4, 0.5) is 4.39 Å². The van der Waals surface area contributed by atoms with Gasteiger partial charge < -0.3 is 5.11 Å². The van der Waals surface area contributed by atoms with Crippen molar-refractivity contribution in [2.45, 2.75) is 26.6 Å². The molecule has 0 heterocycles. The van der Waals surface area contributed by atoms with Gasteiger partial charge in [-0.3, -0.25) is 0 Å². The molecule has 0 radical (unpaired) electrons. The highest BCUT2D eigenvalue weighted by Crippen LogP contribution is 2.15. The van der Waals surface area contributed by atoms with Crippen LogP contribution in [0, 0.1) is 5.92 Å². The van der Waals surface area contributed by atoms with Crippen molar-refractivity contribution in [2.75, 3.05) is 0 Å². The van der Waals surface area contributed by atoms with E-state index in [4.69, 9.17) is 5.11 Å². The van der Waals surface area contributed by atoms with Crippen molar-refractivity contribution in [3.05, 3.63) is 0 Å². The third-order valence-electron chi connectivity index (χ3n) is 1.05. The Kier molecular flexibility index (Phi) is 1.75. The number of halogens is 1. The zero-order valence-corrected chi connectivity index (χ0v) is 4.90. The lowest BCUT2D eigenvalue weighted by Crippen LogP contribution is -2.23. The number of aliphatic hydroxyl groups is 1. The van der Waals surface area contributed by atoms with Gasteiger partial charge in [-0.15, -0.1) is 0 Å². The highest BCUT2D eigenvalue weighted by atomic mass is 19.2. The van der Waals surface area contributed by atoms with Crippen molar-refractivity contribution >= 4 is 0 Å². The number of rotatable bonds is 1. The first-order valence-electron chi connectivity index (χ1n) is 2.36. The third-order valence-corrected chi connectivity index (χ3v) is 1.05. The van der Waals surface area contributed by atoms with Crippen molar-refractivity contribution in [1.82, 2.24) is 0 Å². The van der Waals surface area contributed by atoms with Gasteiger partial charge in [0.25, 0.3) is 0 Å². The second-order valence-electron chi connectivity index (χ2n) is 2.18. The summed E-state index contributed by atoms with van der Waals surface area (Å²) in [5, 5.41) is 8.43. The molecule has 0 saturated heterocycles. The molecule has 0 aromatic heterocycles. The van der Waals surface area contributed by atoms with Crippen LogP contribution in [0.1, 0.15) is 20.8 Å². The molecule has 0 fully saturated rings. The van der Waals surface area contributed by atoms with Crippen LogP contribution in [0.5, 0.6) is 0 Å². The van der Waals surface area contributed by atoms with Crippen LogP contribution in [0.25, 0.3) is 0 Å². The molecule has 0 bridgehead atoms. The maximum absolute atomic E-state index is 12.1. The molecule has 0 aromatic carbocycles. The molecule has 7 heavy (non-hydrogen) atoms. The van der Waals surface area contributed by atoms with Crippen LogP contribution in [0.3, 0.4) is 0 Å². The van der Waals surface area contributed by atoms with Gasteiger partial charge in [0.2, 0.25) is 5.85 Å². The Balaban J connectivity index is 3.54. The molecule has 44 valence electrons. The highest BCUT2D eigenvalue weighted by molar-refractivity contribution is 4.60. The second-order valence-corrected chi connectivity index (χ2v) is 2.18. The Labute approximate surface area is 43.2 Å². The van der Waals surface area contributed by atoms with E-state index in [-0.39, 0.29) is 5.92 Å². The summed E-state index contributed by atoms with van der Waals surface area (Å²) in [4.78, 5) is 0. The van der Waals surface area contributed by atoms with Crippen molar-refractivity contribution in [3.63, 3.8) is 0 Å². The SMILES string of the molecule is CC(C)C(C)(O)F. The van der Waals surface area contributed by atoms with Crippen LogP contribution < -0.4 is 0 Å². The van der Waals surface area contributed by atoms with Crippen molar-refractivity contribution < 1.29 is 9.50 Å². The summed E-state index contributed by atoms with van der Waals surface area (Å²) in [5.41, 5.74) is 0. The van der Waals surface area contributed by atoms with Gasteiger partial charge in [-0.25, -0.2) is 4.39 Å². The van der Waals surface area contributed by atoms with E-state index in [9.17, 15) is 4.39 Å². The average molecular weight is 106 g/mol. The quantitative estimate of drug-likeness (QED) is 0.534. The molecule has 1 N–H and O–H groups in total. The van der Waals surface area contributed by atoms with Gasteiger partial charge in [-0.05, 0) is 6.92 Å². The van der Waals surface area contributed by atoms with E-state index >= 15 is 0 Å². The van der Waals surface area contributed by atoms with Crippen molar-refractivity contribution in [2.24, 2.45) is 5.92 Å². The summed E-state index contributed by atoms with van der Waals surface area (Å²) in [6.07, 6.45) is 0. The molecule has 1 unspecified atom stereocenters. The molecule has 0 amide bonds. The molecule has 0 aliphatic heterocycles. The molecule has 0 spiro atoms. The lowest BCUT2D eigenvalue weighted by molar-refractivity contribution is -0.107. The zero-order chi connectivity index (χ0) is 6.08. The van der Waals surface area contributed by atoms with E-state index in [0.717, 1.165) is 6.92 Å². The Bertz CT molecular complexity index is 53.6. The minimum Gasteiger partial charge on any atom is -0.362 e. The third kappa shape index (κ3) is 2.57. The summed E-state index contributed by atoms with van der Waals surface area (Å²) in [6.45, 7) is 4.40. The first kappa shape index (κ1) is 6.89.